The normalized spacial score (nSPS) is 10.6. The minimum Gasteiger partial charge on any atom is -0.351 e. The number of nitrogens with zero attached hydrogens (tertiary/aromatic N) is 2. The van der Waals surface area contributed by atoms with Crippen molar-refractivity contribution in [2.24, 2.45) is 0 Å². The number of imidazole rings is 1. The number of rotatable bonds is 6. The van der Waals surface area contributed by atoms with Gasteiger partial charge in [-0.3, -0.25) is 9.36 Å². The summed E-state index contributed by atoms with van der Waals surface area (Å²) in [7, 11) is 0. The quantitative estimate of drug-likeness (QED) is 0.625. The summed E-state index contributed by atoms with van der Waals surface area (Å²) in [5.74, 6) is 0.212. The molecule has 0 aliphatic carbocycles. The number of benzene rings is 2. The molecule has 1 heterocycles. The van der Waals surface area contributed by atoms with Gasteiger partial charge in [-0.15, -0.1) is 0 Å². The fourth-order valence-electron chi connectivity index (χ4n) is 2.25. The van der Waals surface area contributed by atoms with Crippen molar-refractivity contribution in [2.45, 2.75) is 11.7 Å². The molecule has 128 valence electrons. The number of amides is 1. The number of carbonyl (C=O) groups is 1. The number of carbonyl (C=O) groups excluding carboxylic acids is 1. The Kier molecular flexibility index (Phi) is 6.02. The Hall–Kier alpha value is -1.95. The predicted octanol–water partition coefficient (Wildman–Crippen LogP) is 4.59. The fourth-order valence-corrected chi connectivity index (χ4v) is 3.45. The van der Waals surface area contributed by atoms with Crippen LogP contribution in [0.25, 0.3) is 5.69 Å². The van der Waals surface area contributed by atoms with E-state index in [0.29, 0.717) is 16.6 Å². The first-order valence-electron chi connectivity index (χ1n) is 7.55. The van der Waals surface area contributed by atoms with Gasteiger partial charge in [-0.05, 0) is 35.9 Å². The molecule has 1 N–H and O–H groups in total. The number of aromatic nitrogens is 2. The molecular formula is C18H15Cl2N3OS. The van der Waals surface area contributed by atoms with E-state index in [1.165, 1.54) is 11.8 Å². The number of hydrogen-bond acceptors (Lipinski definition) is 3. The van der Waals surface area contributed by atoms with Gasteiger partial charge in [0.05, 0.1) is 5.75 Å². The maximum absolute atomic E-state index is 12.1. The molecule has 3 rings (SSSR count). The van der Waals surface area contributed by atoms with Gasteiger partial charge in [0, 0.05) is 34.7 Å². The molecule has 0 unspecified atom stereocenters. The van der Waals surface area contributed by atoms with Crippen molar-refractivity contribution in [1.29, 1.82) is 0 Å². The van der Waals surface area contributed by atoms with E-state index in [1.54, 1.807) is 12.3 Å². The second-order valence-electron chi connectivity index (χ2n) is 5.26. The summed E-state index contributed by atoms with van der Waals surface area (Å²) >= 11 is 13.3. The second kappa shape index (κ2) is 8.43. The van der Waals surface area contributed by atoms with Crippen molar-refractivity contribution in [3.63, 3.8) is 0 Å². The van der Waals surface area contributed by atoms with Crippen LogP contribution in [0.4, 0.5) is 0 Å². The smallest absolute Gasteiger partial charge is 0.230 e. The van der Waals surface area contributed by atoms with Crippen LogP contribution >= 0.6 is 35.0 Å². The summed E-state index contributed by atoms with van der Waals surface area (Å²) in [4.78, 5) is 16.4. The third-order valence-corrected chi connectivity index (χ3v) is 4.84. The minimum atomic E-state index is -0.0642. The van der Waals surface area contributed by atoms with Crippen LogP contribution in [-0.2, 0) is 11.3 Å². The highest BCUT2D eigenvalue weighted by molar-refractivity contribution is 7.99. The van der Waals surface area contributed by atoms with E-state index in [4.69, 9.17) is 23.2 Å². The lowest BCUT2D eigenvalue weighted by atomic mass is 10.2. The average molecular weight is 392 g/mol. The second-order valence-corrected chi connectivity index (χ2v) is 7.07. The van der Waals surface area contributed by atoms with E-state index in [0.717, 1.165) is 16.4 Å². The van der Waals surface area contributed by atoms with E-state index >= 15 is 0 Å². The zero-order valence-electron chi connectivity index (χ0n) is 13.2. The first-order valence-corrected chi connectivity index (χ1v) is 9.29. The van der Waals surface area contributed by atoms with Crippen LogP contribution in [0.3, 0.4) is 0 Å². The van der Waals surface area contributed by atoms with Crippen LogP contribution in [0.1, 0.15) is 5.56 Å². The Balaban J connectivity index is 1.57. The molecule has 0 spiro atoms. The number of halogens is 2. The Morgan fingerprint density at radius 3 is 2.64 bits per heavy atom. The highest BCUT2D eigenvalue weighted by Gasteiger charge is 2.09. The van der Waals surface area contributed by atoms with E-state index in [1.807, 2.05) is 53.2 Å². The van der Waals surface area contributed by atoms with Gasteiger partial charge in [0.2, 0.25) is 5.91 Å². The van der Waals surface area contributed by atoms with Gasteiger partial charge in [-0.25, -0.2) is 4.98 Å². The molecule has 1 amide bonds. The molecular weight excluding hydrogens is 377 g/mol. The Morgan fingerprint density at radius 1 is 1.12 bits per heavy atom. The number of thioether (sulfide) groups is 1. The molecule has 25 heavy (non-hydrogen) atoms. The lowest BCUT2D eigenvalue weighted by molar-refractivity contribution is -0.118. The topological polar surface area (TPSA) is 46.9 Å². The number of hydrogen-bond donors (Lipinski definition) is 1. The molecule has 2 aromatic carbocycles. The van der Waals surface area contributed by atoms with Gasteiger partial charge in [0.25, 0.3) is 0 Å². The molecule has 7 heteroatoms. The van der Waals surface area contributed by atoms with E-state index in [-0.39, 0.29) is 11.7 Å². The fraction of sp³-hybridized carbons (Fsp3) is 0.111. The maximum atomic E-state index is 12.1. The summed E-state index contributed by atoms with van der Waals surface area (Å²) in [5.41, 5.74) is 1.87. The van der Waals surface area contributed by atoms with Gasteiger partial charge >= 0.3 is 0 Å². The molecule has 3 aromatic rings. The first-order chi connectivity index (χ1) is 12.1. The molecule has 0 radical (unpaired) electrons. The highest BCUT2D eigenvalue weighted by Crippen LogP contribution is 2.22. The van der Waals surface area contributed by atoms with Crippen molar-refractivity contribution >= 4 is 40.9 Å². The highest BCUT2D eigenvalue weighted by atomic mass is 35.5. The molecule has 0 aliphatic rings. The zero-order valence-corrected chi connectivity index (χ0v) is 15.5. The third kappa shape index (κ3) is 5.01. The summed E-state index contributed by atoms with van der Waals surface area (Å²) < 4.78 is 1.90. The van der Waals surface area contributed by atoms with Crippen LogP contribution in [0, 0.1) is 0 Å². The van der Waals surface area contributed by atoms with Crippen LogP contribution in [0.5, 0.6) is 0 Å². The monoisotopic (exact) mass is 391 g/mol. The van der Waals surface area contributed by atoms with Gasteiger partial charge in [-0.1, -0.05) is 53.2 Å². The molecule has 0 bridgehead atoms. The molecule has 1 aromatic heterocycles. The summed E-state index contributed by atoms with van der Waals surface area (Å²) in [5, 5.41) is 4.93. The predicted molar refractivity (Wildman–Crippen MR) is 103 cm³/mol. The third-order valence-electron chi connectivity index (χ3n) is 3.40. The average Bonchev–Trinajstić information content (AvgIpc) is 3.07. The van der Waals surface area contributed by atoms with Gasteiger partial charge < -0.3 is 5.32 Å². The largest absolute Gasteiger partial charge is 0.351 e. The molecule has 0 atom stereocenters. The molecule has 0 saturated carbocycles. The molecule has 4 nitrogen and oxygen atoms in total. The van der Waals surface area contributed by atoms with Crippen LogP contribution < -0.4 is 5.32 Å². The minimum absolute atomic E-state index is 0.0642. The molecule has 0 saturated heterocycles. The van der Waals surface area contributed by atoms with Crippen molar-refractivity contribution in [3.8, 4) is 5.69 Å². The molecule has 0 aliphatic heterocycles. The Bertz CT molecular complexity index is 882. The standard InChI is InChI=1S/C18H15Cl2N3OS/c19-14-4-1-3-13(9-14)11-22-17(24)12-25-18-21-7-8-23(18)16-6-2-5-15(20)10-16/h1-10H,11-12H2,(H,22,24). The van der Waals surface area contributed by atoms with E-state index < -0.39 is 0 Å². The summed E-state index contributed by atoms with van der Waals surface area (Å²) in [6, 6.07) is 14.9. The summed E-state index contributed by atoms with van der Waals surface area (Å²) in [6.07, 6.45) is 3.55. The first kappa shape index (κ1) is 17.9. The van der Waals surface area contributed by atoms with E-state index in [2.05, 4.69) is 10.3 Å². The lowest BCUT2D eigenvalue weighted by Gasteiger charge is -2.08. The van der Waals surface area contributed by atoms with Gasteiger partial charge in [-0.2, -0.15) is 0 Å². The molecule has 0 fully saturated rings. The van der Waals surface area contributed by atoms with Crippen molar-refractivity contribution in [1.82, 2.24) is 14.9 Å². The van der Waals surface area contributed by atoms with Crippen molar-refractivity contribution in [3.05, 3.63) is 76.5 Å². The van der Waals surface area contributed by atoms with E-state index in [9.17, 15) is 4.79 Å². The van der Waals surface area contributed by atoms with Crippen molar-refractivity contribution in [2.75, 3.05) is 5.75 Å². The zero-order chi connectivity index (χ0) is 17.6. The Labute approximate surface area is 160 Å². The van der Waals surface area contributed by atoms with Gasteiger partial charge in [0.15, 0.2) is 5.16 Å². The SMILES string of the molecule is O=C(CSc1nccn1-c1cccc(Cl)c1)NCc1cccc(Cl)c1. The van der Waals surface area contributed by atoms with Crippen molar-refractivity contribution < 1.29 is 4.79 Å². The lowest BCUT2D eigenvalue weighted by Crippen LogP contribution is -2.24. The summed E-state index contributed by atoms with van der Waals surface area (Å²) in [6.45, 7) is 0.447. The number of nitrogens with one attached hydrogen (secondary N) is 1. The Morgan fingerprint density at radius 2 is 1.88 bits per heavy atom. The van der Waals surface area contributed by atoms with Crippen LogP contribution in [0.15, 0.2) is 66.1 Å². The van der Waals surface area contributed by atoms with Gasteiger partial charge in [0.1, 0.15) is 0 Å². The maximum Gasteiger partial charge on any atom is 0.230 e. The van der Waals surface area contributed by atoms with Crippen LogP contribution in [0.2, 0.25) is 10.0 Å². The van der Waals surface area contributed by atoms with Crippen LogP contribution in [-0.4, -0.2) is 21.2 Å².